The summed E-state index contributed by atoms with van der Waals surface area (Å²) in [6, 6.07) is 0. The molecule has 0 bridgehead atoms. The predicted octanol–water partition coefficient (Wildman–Crippen LogP) is 4.75. The number of aliphatic hydroxyl groups excluding tert-OH is 1. The molecule has 19 heavy (non-hydrogen) atoms. The van der Waals surface area contributed by atoms with E-state index in [1.54, 1.807) is 0 Å². The first kappa shape index (κ1) is 16.1. The van der Waals surface area contributed by atoms with E-state index in [1.807, 2.05) is 0 Å². The second kappa shape index (κ2) is 4.57. The molecule has 0 radical (unpaired) electrons. The molecule has 1 N–H and O–H groups in total. The number of aliphatic hydroxyl groups is 1. The molecule has 0 aromatic rings. The topological polar surface area (TPSA) is 23.5 Å². The third kappa shape index (κ3) is 2.82. The van der Waals surface area contributed by atoms with Crippen molar-refractivity contribution in [1.29, 1.82) is 0 Å². The van der Waals surface area contributed by atoms with Crippen LogP contribution in [0.15, 0.2) is 23.1 Å². The van der Waals surface area contributed by atoms with Crippen LogP contribution in [0.3, 0.4) is 0 Å². The van der Waals surface area contributed by atoms with E-state index in [4.69, 9.17) is 0 Å². The first-order valence-electron chi connectivity index (χ1n) is 7.13. The van der Waals surface area contributed by atoms with E-state index in [1.165, 1.54) is 5.70 Å². The van der Waals surface area contributed by atoms with Gasteiger partial charge in [-0.3, -0.25) is 0 Å². The van der Waals surface area contributed by atoms with Gasteiger partial charge in [-0.15, -0.1) is 0 Å². The monoisotopic (exact) mass is 265 g/mol. The molecular weight excluding hydrogens is 234 g/mol. The maximum absolute atomic E-state index is 10.9. The first-order valence-corrected chi connectivity index (χ1v) is 7.13. The zero-order chi connectivity index (χ0) is 15.2. The fourth-order valence-electron chi connectivity index (χ4n) is 2.51. The second-order valence-corrected chi connectivity index (χ2v) is 8.30. The number of nitrogens with zero attached hydrogens (tertiary/aromatic N) is 1. The Balaban J connectivity index is 3.50. The van der Waals surface area contributed by atoms with Gasteiger partial charge < -0.3 is 10.0 Å². The molecule has 0 fully saturated rings. The summed E-state index contributed by atoms with van der Waals surface area (Å²) in [5, 5.41) is 10.9. The molecule has 0 amide bonds. The van der Waals surface area contributed by atoms with Gasteiger partial charge in [0.25, 0.3) is 0 Å². The largest absolute Gasteiger partial charge is 0.511 e. The van der Waals surface area contributed by atoms with Gasteiger partial charge in [-0.05, 0) is 22.5 Å². The van der Waals surface area contributed by atoms with Crippen molar-refractivity contribution in [1.82, 2.24) is 4.90 Å². The van der Waals surface area contributed by atoms with Gasteiger partial charge in [0.1, 0.15) is 5.76 Å². The fraction of sp³-hybridized carbons (Fsp3) is 0.765. The van der Waals surface area contributed by atoms with Crippen LogP contribution in [0.2, 0.25) is 0 Å². The molecule has 2 heteroatoms. The summed E-state index contributed by atoms with van der Waals surface area (Å²) >= 11 is 0. The average Bonchev–Trinajstić information content (AvgIpc) is 2.18. The lowest BCUT2D eigenvalue weighted by Crippen LogP contribution is -2.40. The lowest BCUT2D eigenvalue weighted by Gasteiger charge is -2.47. The quantitative estimate of drug-likeness (QED) is 0.740. The highest BCUT2D eigenvalue weighted by molar-refractivity contribution is 5.39. The van der Waals surface area contributed by atoms with Crippen LogP contribution in [0.25, 0.3) is 0 Å². The molecule has 2 nitrogen and oxygen atoms in total. The summed E-state index contributed by atoms with van der Waals surface area (Å²) in [5.74, 6) is 0.568. The van der Waals surface area contributed by atoms with Crippen LogP contribution >= 0.6 is 0 Å². The summed E-state index contributed by atoms with van der Waals surface area (Å²) in [4.78, 5) is 2.17. The van der Waals surface area contributed by atoms with Crippen LogP contribution in [0, 0.1) is 16.2 Å². The Morgan fingerprint density at radius 2 is 1.58 bits per heavy atom. The number of hydrogen-bond donors (Lipinski definition) is 1. The van der Waals surface area contributed by atoms with Crippen molar-refractivity contribution in [3.63, 3.8) is 0 Å². The molecule has 0 spiro atoms. The van der Waals surface area contributed by atoms with Gasteiger partial charge in [0.15, 0.2) is 0 Å². The van der Waals surface area contributed by atoms with Gasteiger partial charge in [0.05, 0.1) is 0 Å². The average molecular weight is 265 g/mol. The molecular formula is C17H31NO. The van der Waals surface area contributed by atoms with E-state index in [9.17, 15) is 5.11 Å². The second-order valence-electron chi connectivity index (χ2n) is 8.30. The third-order valence-corrected chi connectivity index (χ3v) is 4.66. The van der Waals surface area contributed by atoms with Gasteiger partial charge in [-0.25, -0.2) is 0 Å². The number of hydrogen-bond acceptors (Lipinski definition) is 2. The minimum atomic E-state index is -0.218. The Morgan fingerprint density at radius 1 is 1.11 bits per heavy atom. The fourth-order valence-corrected chi connectivity index (χ4v) is 2.51. The molecule has 1 aliphatic rings. The van der Waals surface area contributed by atoms with Crippen LogP contribution in [-0.2, 0) is 0 Å². The minimum Gasteiger partial charge on any atom is -0.511 e. The van der Waals surface area contributed by atoms with Gasteiger partial charge in [0.2, 0.25) is 0 Å². The zero-order valence-corrected chi connectivity index (χ0v) is 14.2. The lowest BCUT2D eigenvalue weighted by atomic mass is 9.60. The number of rotatable bonds is 1. The highest BCUT2D eigenvalue weighted by Gasteiger charge is 2.46. The van der Waals surface area contributed by atoms with Gasteiger partial charge in [-0.2, -0.15) is 0 Å². The van der Waals surface area contributed by atoms with Crippen molar-refractivity contribution in [3.05, 3.63) is 23.1 Å². The Bertz CT molecular complexity index is 416. The molecule has 0 aromatic carbocycles. The molecule has 0 aromatic heterocycles. The van der Waals surface area contributed by atoms with Crippen molar-refractivity contribution < 1.29 is 5.11 Å². The summed E-state index contributed by atoms with van der Waals surface area (Å²) < 4.78 is 0. The zero-order valence-electron chi connectivity index (χ0n) is 14.2. The summed E-state index contributed by atoms with van der Waals surface area (Å²) in [6.45, 7) is 15.3. The Hall–Kier alpha value is -0.920. The summed E-state index contributed by atoms with van der Waals surface area (Å²) in [7, 11) is 4.16. The standard InChI is InChI=1S/C17H31NO/c1-15(2,3)13-10-12(18(8)9)11-17(7,14(13)19)16(4,5)6/h10,19H,11H2,1-9H3. The van der Waals surface area contributed by atoms with Crippen molar-refractivity contribution in [2.24, 2.45) is 16.2 Å². The molecule has 110 valence electrons. The van der Waals surface area contributed by atoms with Crippen LogP contribution in [0.4, 0.5) is 0 Å². The maximum Gasteiger partial charge on any atom is 0.103 e. The van der Waals surface area contributed by atoms with Crippen LogP contribution in [0.5, 0.6) is 0 Å². The molecule has 1 unspecified atom stereocenters. The molecule has 0 saturated heterocycles. The summed E-state index contributed by atoms with van der Waals surface area (Å²) in [6.07, 6.45) is 3.05. The third-order valence-electron chi connectivity index (χ3n) is 4.66. The molecule has 0 heterocycles. The SMILES string of the molecule is CN(C)C1=CC(C(C)(C)C)=C(O)C(C)(C(C)(C)C)C1. The minimum absolute atomic E-state index is 0.0170. The van der Waals surface area contributed by atoms with Crippen LogP contribution < -0.4 is 0 Å². The van der Waals surface area contributed by atoms with E-state index in [-0.39, 0.29) is 16.2 Å². The first-order chi connectivity index (χ1) is 8.30. The van der Waals surface area contributed by atoms with Gasteiger partial charge in [0, 0.05) is 31.6 Å². The highest BCUT2D eigenvalue weighted by Crippen LogP contribution is 2.53. The Morgan fingerprint density at radius 3 is 1.89 bits per heavy atom. The maximum atomic E-state index is 10.9. The lowest BCUT2D eigenvalue weighted by molar-refractivity contribution is 0.0780. The van der Waals surface area contributed by atoms with Gasteiger partial charge in [-0.1, -0.05) is 48.5 Å². The molecule has 1 atom stereocenters. The number of allylic oxidation sites excluding steroid dienone is 4. The molecule has 0 aliphatic heterocycles. The van der Waals surface area contributed by atoms with E-state index < -0.39 is 0 Å². The molecule has 1 aliphatic carbocycles. The van der Waals surface area contributed by atoms with Crippen molar-refractivity contribution in [2.45, 2.75) is 54.9 Å². The Labute approximate surface area is 119 Å². The normalized spacial score (nSPS) is 25.4. The van der Waals surface area contributed by atoms with E-state index in [0.717, 1.165) is 12.0 Å². The molecule has 1 rings (SSSR count). The van der Waals surface area contributed by atoms with E-state index in [2.05, 4.69) is 73.5 Å². The Kier molecular flexibility index (Phi) is 3.88. The van der Waals surface area contributed by atoms with E-state index in [0.29, 0.717) is 5.76 Å². The van der Waals surface area contributed by atoms with Gasteiger partial charge >= 0.3 is 0 Å². The molecule has 0 saturated carbocycles. The van der Waals surface area contributed by atoms with Crippen molar-refractivity contribution in [3.8, 4) is 0 Å². The predicted molar refractivity (Wildman–Crippen MR) is 83.1 cm³/mol. The summed E-state index contributed by atoms with van der Waals surface area (Å²) in [5.41, 5.74) is 2.12. The van der Waals surface area contributed by atoms with Crippen LogP contribution in [0.1, 0.15) is 54.9 Å². The van der Waals surface area contributed by atoms with E-state index >= 15 is 0 Å². The highest BCUT2D eigenvalue weighted by atomic mass is 16.3. The smallest absolute Gasteiger partial charge is 0.103 e. The van der Waals surface area contributed by atoms with Crippen LogP contribution in [-0.4, -0.2) is 24.1 Å². The van der Waals surface area contributed by atoms with Crippen molar-refractivity contribution in [2.75, 3.05) is 14.1 Å². The van der Waals surface area contributed by atoms with Crippen molar-refractivity contribution >= 4 is 0 Å².